The zero-order valence-corrected chi connectivity index (χ0v) is 15.9. The summed E-state index contributed by atoms with van der Waals surface area (Å²) in [5.41, 5.74) is 0. The number of amides is 3. The molecular weight excluding hydrogens is 337 g/mol. The van der Waals surface area contributed by atoms with Gasteiger partial charge in [0, 0.05) is 40.0 Å². The highest BCUT2D eigenvalue weighted by Crippen LogP contribution is 2.19. The molecule has 0 radical (unpaired) electrons. The zero-order valence-electron chi connectivity index (χ0n) is 15.9. The molecule has 6 nitrogen and oxygen atoms in total. The Balaban J connectivity index is 1.85. The van der Waals surface area contributed by atoms with Crippen molar-refractivity contribution in [3.63, 3.8) is 0 Å². The Hall–Kier alpha value is -2.31. The summed E-state index contributed by atoms with van der Waals surface area (Å²) in [4.78, 5) is 27.9. The predicted octanol–water partition coefficient (Wildman–Crippen LogP) is 2.49. The first-order valence-corrected chi connectivity index (χ1v) is 8.96. The van der Waals surface area contributed by atoms with Crippen LogP contribution in [0.4, 0.5) is 9.18 Å². The molecule has 2 rings (SSSR count). The van der Waals surface area contributed by atoms with Gasteiger partial charge in [0.1, 0.15) is 23.7 Å². The summed E-state index contributed by atoms with van der Waals surface area (Å²) in [7, 11) is 3.37. The maximum absolute atomic E-state index is 12.9. The summed E-state index contributed by atoms with van der Waals surface area (Å²) in [6.07, 6.45) is 1.38. The molecule has 1 heterocycles. The van der Waals surface area contributed by atoms with E-state index < -0.39 is 6.04 Å². The van der Waals surface area contributed by atoms with Gasteiger partial charge in [-0.3, -0.25) is 4.79 Å². The summed E-state index contributed by atoms with van der Waals surface area (Å²) in [6, 6.07) is 5.19. The van der Waals surface area contributed by atoms with Crippen LogP contribution in [-0.2, 0) is 4.79 Å². The molecular formula is C19H28FN3O3. The Morgan fingerprint density at radius 2 is 1.77 bits per heavy atom. The third-order valence-corrected chi connectivity index (χ3v) is 4.50. The standard InChI is InChI=1S/C19H28FN3O3/c1-13(2)17(18(24)22(3)4)21-19(25)23-11-9-16(10-12-23)26-15-7-5-14(20)6-8-15/h5-8,13,16-17H,9-12H2,1-4H3,(H,21,25)/t17-/m1/s1. The van der Waals surface area contributed by atoms with Gasteiger partial charge >= 0.3 is 6.03 Å². The second-order valence-corrected chi connectivity index (χ2v) is 7.16. The number of urea groups is 1. The largest absolute Gasteiger partial charge is 0.490 e. The molecule has 1 atom stereocenters. The van der Waals surface area contributed by atoms with Crippen LogP contribution in [0.3, 0.4) is 0 Å². The van der Waals surface area contributed by atoms with Gasteiger partial charge in [0.05, 0.1) is 0 Å². The van der Waals surface area contributed by atoms with E-state index in [-0.39, 0.29) is 29.8 Å². The molecule has 7 heteroatoms. The molecule has 1 fully saturated rings. The number of ether oxygens (including phenoxy) is 1. The van der Waals surface area contributed by atoms with Crippen LogP contribution in [0.25, 0.3) is 0 Å². The van der Waals surface area contributed by atoms with Crippen molar-refractivity contribution >= 4 is 11.9 Å². The zero-order chi connectivity index (χ0) is 19.3. The minimum Gasteiger partial charge on any atom is -0.490 e. The van der Waals surface area contributed by atoms with E-state index >= 15 is 0 Å². The van der Waals surface area contributed by atoms with E-state index in [4.69, 9.17) is 4.74 Å². The summed E-state index contributed by atoms with van der Waals surface area (Å²) < 4.78 is 18.8. The fourth-order valence-corrected chi connectivity index (χ4v) is 2.90. The van der Waals surface area contributed by atoms with Gasteiger partial charge in [-0.05, 0) is 30.2 Å². The van der Waals surface area contributed by atoms with Gasteiger partial charge in [0.15, 0.2) is 0 Å². The summed E-state index contributed by atoms with van der Waals surface area (Å²) in [5, 5.41) is 2.85. The van der Waals surface area contributed by atoms with E-state index in [0.29, 0.717) is 31.7 Å². The fraction of sp³-hybridized carbons (Fsp3) is 0.579. The topological polar surface area (TPSA) is 61.9 Å². The Morgan fingerprint density at radius 1 is 1.19 bits per heavy atom. The number of halogens is 1. The number of nitrogens with one attached hydrogen (secondary N) is 1. The second kappa shape index (κ2) is 8.87. The number of piperidine rings is 1. The van der Waals surface area contributed by atoms with Crippen LogP contribution in [0.15, 0.2) is 24.3 Å². The quantitative estimate of drug-likeness (QED) is 0.872. The van der Waals surface area contributed by atoms with Gasteiger partial charge in [-0.2, -0.15) is 0 Å². The maximum atomic E-state index is 12.9. The van der Waals surface area contributed by atoms with Gasteiger partial charge in [-0.25, -0.2) is 9.18 Å². The third-order valence-electron chi connectivity index (χ3n) is 4.50. The van der Waals surface area contributed by atoms with E-state index in [1.807, 2.05) is 13.8 Å². The van der Waals surface area contributed by atoms with Gasteiger partial charge in [0.25, 0.3) is 0 Å². The van der Waals surface area contributed by atoms with E-state index in [1.54, 1.807) is 31.1 Å². The van der Waals surface area contributed by atoms with Crippen molar-refractivity contribution in [1.29, 1.82) is 0 Å². The van der Waals surface area contributed by atoms with Crippen LogP contribution < -0.4 is 10.1 Å². The summed E-state index contributed by atoms with van der Waals surface area (Å²) >= 11 is 0. The first-order chi connectivity index (χ1) is 12.3. The van der Waals surface area contributed by atoms with Gasteiger partial charge in [-0.15, -0.1) is 0 Å². The lowest BCUT2D eigenvalue weighted by atomic mass is 10.0. The van der Waals surface area contributed by atoms with Gasteiger partial charge in [-0.1, -0.05) is 13.8 Å². The van der Waals surface area contributed by atoms with Crippen LogP contribution in [0.1, 0.15) is 26.7 Å². The second-order valence-electron chi connectivity index (χ2n) is 7.16. The number of rotatable bonds is 5. The number of hydrogen-bond acceptors (Lipinski definition) is 3. The monoisotopic (exact) mass is 365 g/mol. The average Bonchev–Trinajstić information content (AvgIpc) is 2.61. The molecule has 1 aliphatic rings. The Bertz CT molecular complexity index is 611. The lowest BCUT2D eigenvalue weighted by molar-refractivity contribution is -0.131. The molecule has 0 saturated carbocycles. The number of nitrogens with zero attached hydrogens (tertiary/aromatic N) is 2. The van der Waals surface area contributed by atoms with Crippen LogP contribution >= 0.6 is 0 Å². The average molecular weight is 365 g/mol. The number of carbonyl (C=O) groups excluding carboxylic acids is 2. The SMILES string of the molecule is CC(C)[C@@H](NC(=O)N1CCC(Oc2ccc(F)cc2)CC1)C(=O)N(C)C. The molecule has 0 aromatic heterocycles. The van der Waals surface area contributed by atoms with E-state index in [0.717, 1.165) is 0 Å². The Morgan fingerprint density at radius 3 is 2.27 bits per heavy atom. The van der Waals surface area contributed by atoms with Crippen LogP contribution in [0, 0.1) is 11.7 Å². The Kier molecular flexibility index (Phi) is 6.83. The van der Waals surface area contributed by atoms with Crippen molar-refractivity contribution in [2.24, 2.45) is 5.92 Å². The van der Waals surface area contributed by atoms with Crippen LogP contribution in [-0.4, -0.2) is 61.1 Å². The summed E-state index contributed by atoms with van der Waals surface area (Å²) in [5.74, 6) is 0.234. The highest BCUT2D eigenvalue weighted by atomic mass is 19.1. The highest BCUT2D eigenvalue weighted by Gasteiger charge is 2.29. The van der Waals surface area contributed by atoms with Crippen molar-refractivity contribution in [3.8, 4) is 5.75 Å². The number of benzene rings is 1. The summed E-state index contributed by atoms with van der Waals surface area (Å²) in [6.45, 7) is 4.93. The van der Waals surface area contributed by atoms with Crippen molar-refractivity contribution in [3.05, 3.63) is 30.1 Å². The van der Waals surface area contributed by atoms with E-state index in [2.05, 4.69) is 5.32 Å². The first-order valence-electron chi connectivity index (χ1n) is 8.96. The van der Waals surface area contributed by atoms with Crippen molar-refractivity contribution in [1.82, 2.24) is 15.1 Å². The minimum absolute atomic E-state index is 0.00573. The third kappa shape index (κ3) is 5.34. The molecule has 1 N–H and O–H groups in total. The molecule has 3 amide bonds. The maximum Gasteiger partial charge on any atom is 0.318 e. The number of likely N-dealkylation sites (tertiary alicyclic amines) is 1. The first kappa shape index (κ1) is 20.0. The molecule has 0 spiro atoms. The molecule has 1 saturated heterocycles. The number of hydrogen-bond donors (Lipinski definition) is 1. The van der Waals surface area contributed by atoms with Crippen molar-refractivity contribution in [2.45, 2.75) is 38.8 Å². The molecule has 26 heavy (non-hydrogen) atoms. The normalized spacial score (nSPS) is 16.3. The lowest BCUT2D eigenvalue weighted by Crippen LogP contribution is -2.54. The number of carbonyl (C=O) groups is 2. The van der Waals surface area contributed by atoms with Gasteiger partial charge < -0.3 is 19.9 Å². The molecule has 0 bridgehead atoms. The fourth-order valence-electron chi connectivity index (χ4n) is 2.90. The van der Waals surface area contributed by atoms with Crippen molar-refractivity contribution < 1.29 is 18.7 Å². The molecule has 0 aliphatic carbocycles. The van der Waals surface area contributed by atoms with E-state index in [9.17, 15) is 14.0 Å². The van der Waals surface area contributed by atoms with Crippen LogP contribution in [0.2, 0.25) is 0 Å². The minimum atomic E-state index is -0.536. The Labute approximate surface area is 154 Å². The molecule has 0 unspecified atom stereocenters. The van der Waals surface area contributed by atoms with Gasteiger partial charge in [0.2, 0.25) is 5.91 Å². The molecule has 1 aromatic carbocycles. The lowest BCUT2D eigenvalue weighted by Gasteiger charge is -2.34. The molecule has 1 aromatic rings. The number of likely N-dealkylation sites (N-methyl/N-ethyl adjacent to an activating group) is 1. The van der Waals surface area contributed by atoms with Crippen LogP contribution in [0.5, 0.6) is 5.75 Å². The van der Waals surface area contributed by atoms with E-state index in [1.165, 1.54) is 17.0 Å². The molecule has 1 aliphatic heterocycles. The molecule has 144 valence electrons. The van der Waals surface area contributed by atoms with Crippen molar-refractivity contribution in [2.75, 3.05) is 27.2 Å². The predicted molar refractivity (Wildman–Crippen MR) is 97.5 cm³/mol. The highest BCUT2D eigenvalue weighted by molar-refractivity contribution is 5.87. The smallest absolute Gasteiger partial charge is 0.318 e.